The number of halogens is 1. The molecule has 14 heavy (non-hydrogen) atoms. The number of rotatable bonds is 1. The van der Waals surface area contributed by atoms with Gasteiger partial charge in [0.15, 0.2) is 0 Å². The first kappa shape index (κ1) is 9.93. The van der Waals surface area contributed by atoms with Crippen LogP contribution in [0.15, 0.2) is 21.5 Å². The lowest BCUT2D eigenvalue weighted by Crippen LogP contribution is -2.27. The second-order valence-corrected chi connectivity index (χ2v) is 4.47. The summed E-state index contributed by atoms with van der Waals surface area (Å²) in [5, 5.41) is 3.44. The van der Waals surface area contributed by atoms with Crippen molar-refractivity contribution in [2.75, 3.05) is 6.54 Å². The molecule has 2 N–H and O–H groups in total. The van der Waals surface area contributed by atoms with E-state index in [-0.39, 0.29) is 5.56 Å². The Balaban J connectivity index is 2.22. The molecule has 1 aromatic heterocycles. The van der Waals surface area contributed by atoms with Crippen LogP contribution in [0.1, 0.15) is 30.9 Å². The summed E-state index contributed by atoms with van der Waals surface area (Å²) < 4.78 is 0.613. The molecule has 0 aliphatic carbocycles. The molecular weight excluding hydrogens is 244 g/mol. The molecule has 1 fully saturated rings. The molecule has 0 saturated carbocycles. The van der Waals surface area contributed by atoms with Crippen LogP contribution in [0.2, 0.25) is 0 Å². The Kier molecular flexibility index (Phi) is 3.03. The molecule has 76 valence electrons. The largest absolute Gasteiger partial charge is 0.328 e. The van der Waals surface area contributed by atoms with Crippen molar-refractivity contribution in [3.8, 4) is 0 Å². The first-order chi connectivity index (χ1) is 6.77. The molecule has 0 bridgehead atoms. The second-order valence-electron chi connectivity index (χ2n) is 3.61. The van der Waals surface area contributed by atoms with Crippen molar-refractivity contribution >= 4 is 15.9 Å². The van der Waals surface area contributed by atoms with Gasteiger partial charge in [0.25, 0.3) is 5.56 Å². The van der Waals surface area contributed by atoms with Crippen LogP contribution in [0.4, 0.5) is 0 Å². The third-order valence-corrected chi connectivity index (χ3v) is 3.18. The van der Waals surface area contributed by atoms with Crippen molar-refractivity contribution in [1.29, 1.82) is 0 Å². The summed E-state index contributed by atoms with van der Waals surface area (Å²) in [7, 11) is 0. The number of H-pyrrole nitrogens is 1. The van der Waals surface area contributed by atoms with E-state index >= 15 is 0 Å². The summed E-state index contributed by atoms with van der Waals surface area (Å²) in [5.41, 5.74) is 1.10. The molecule has 3 nitrogen and oxygen atoms in total. The average molecular weight is 257 g/mol. The monoisotopic (exact) mass is 256 g/mol. The van der Waals surface area contributed by atoms with Gasteiger partial charge in [0.05, 0.1) is 4.47 Å². The van der Waals surface area contributed by atoms with Gasteiger partial charge in [-0.3, -0.25) is 4.79 Å². The Bertz CT molecular complexity index is 369. The number of aromatic nitrogens is 1. The molecule has 4 heteroatoms. The van der Waals surface area contributed by atoms with E-state index in [1.165, 1.54) is 12.8 Å². The summed E-state index contributed by atoms with van der Waals surface area (Å²) in [5.74, 6) is 0. The molecule has 0 radical (unpaired) electrons. The topological polar surface area (TPSA) is 44.9 Å². The van der Waals surface area contributed by atoms with Crippen molar-refractivity contribution in [2.45, 2.75) is 25.3 Å². The van der Waals surface area contributed by atoms with E-state index in [1.54, 1.807) is 6.20 Å². The number of piperidine rings is 1. The van der Waals surface area contributed by atoms with Crippen LogP contribution < -0.4 is 10.9 Å². The van der Waals surface area contributed by atoms with E-state index in [0.717, 1.165) is 18.5 Å². The van der Waals surface area contributed by atoms with E-state index < -0.39 is 0 Å². The average Bonchev–Trinajstić information content (AvgIpc) is 2.23. The van der Waals surface area contributed by atoms with Crippen molar-refractivity contribution in [1.82, 2.24) is 10.3 Å². The molecule has 1 aliphatic rings. The van der Waals surface area contributed by atoms with Crippen LogP contribution in [0.5, 0.6) is 0 Å². The lowest BCUT2D eigenvalue weighted by molar-refractivity contribution is 0.411. The van der Waals surface area contributed by atoms with Gasteiger partial charge in [0.1, 0.15) is 0 Å². The summed E-state index contributed by atoms with van der Waals surface area (Å²) in [6.45, 7) is 1.07. The first-order valence-electron chi connectivity index (χ1n) is 4.89. The van der Waals surface area contributed by atoms with Crippen molar-refractivity contribution in [2.24, 2.45) is 0 Å². The highest BCUT2D eigenvalue weighted by atomic mass is 79.9. The molecule has 2 heterocycles. The fourth-order valence-electron chi connectivity index (χ4n) is 1.81. The van der Waals surface area contributed by atoms with Gasteiger partial charge in [0, 0.05) is 12.2 Å². The Morgan fingerprint density at radius 3 is 2.93 bits per heavy atom. The molecule has 0 amide bonds. The highest BCUT2D eigenvalue weighted by Crippen LogP contribution is 2.22. The van der Waals surface area contributed by atoms with E-state index in [0.29, 0.717) is 10.5 Å². The highest BCUT2D eigenvalue weighted by Gasteiger charge is 2.15. The standard InChI is InChI=1S/C10H13BrN2O/c11-8-5-7(6-13-10(8)14)9-3-1-2-4-12-9/h5-6,9,12H,1-4H2,(H,13,14). The van der Waals surface area contributed by atoms with Gasteiger partial charge in [-0.2, -0.15) is 0 Å². The van der Waals surface area contributed by atoms with Crippen LogP contribution in [-0.4, -0.2) is 11.5 Å². The fourth-order valence-corrected chi connectivity index (χ4v) is 2.19. The van der Waals surface area contributed by atoms with Crippen LogP contribution in [-0.2, 0) is 0 Å². The van der Waals surface area contributed by atoms with Crippen molar-refractivity contribution in [3.05, 3.63) is 32.7 Å². The zero-order chi connectivity index (χ0) is 9.97. The van der Waals surface area contributed by atoms with Crippen molar-refractivity contribution < 1.29 is 0 Å². The SMILES string of the molecule is O=c1[nH]cc(C2CCCCN2)cc1Br. The number of hydrogen-bond donors (Lipinski definition) is 2. The first-order valence-corrected chi connectivity index (χ1v) is 5.68. The molecule has 1 aromatic rings. The zero-order valence-corrected chi connectivity index (χ0v) is 9.43. The summed E-state index contributed by atoms with van der Waals surface area (Å²) in [6.07, 6.45) is 5.46. The predicted molar refractivity (Wildman–Crippen MR) is 59.4 cm³/mol. The van der Waals surface area contributed by atoms with E-state index in [2.05, 4.69) is 26.2 Å². The Morgan fingerprint density at radius 1 is 1.43 bits per heavy atom. The normalized spacial score (nSPS) is 22.2. The molecule has 1 unspecified atom stereocenters. The third kappa shape index (κ3) is 2.07. The maximum absolute atomic E-state index is 11.1. The molecule has 1 saturated heterocycles. The Hall–Kier alpha value is -0.610. The van der Waals surface area contributed by atoms with Crippen LogP contribution in [0.25, 0.3) is 0 Å². The van der Waals surface area contributed by atoms with Crippen LogP contribution in [0, 0.1) is 0 Å². The highest BCUT2D eigenvalue weighted by molar-refractivity contribution is 9.10. The molecule has 1 aliphatic heterocycles. The van der Waals surface area contributed by atoms with E-state index in [1.807, 2.05) is 6.07 Å². The number of aromatic amines is 1. The Labute approximate surface area is 91.0 Å². The molecular formula is C10H13BrN2O. The van der Waals surface area contributed by atoms with Gasteiger partial charge in [-0.05, 0) is 46.9 Å². The van der Waals surface area contributed by atoms with Gasteiger partial charge in [-0.1, -0.05) is 6.42 Å². The minimum absolute atomic E-state index is 0.0652. The van der Waals surface area contributed by atoms with Crippen molar-refractivity contribution in [3.63, 3.8) is 0 Å². The van der Waals surface area contributed by atoms with Gasteiger partial charge >= 0.3 is 0 Å². The van der Waals surface area contributed by atoms with Gasteiger partial charge in [-0.25, -0.2) is 0 Å². The second kappa shape index (κ2) is 4.28. The van der Waals surface area contributed by atoms with Gasteiger partial charge in [0.2, 0.25) is 0 Å². The summed E-state index contributed by atoms with van der Waals surface area (Å²) >= 11 is 3.24. The van der Waals surface area contributed by atoms with Gasteiger partial charge in [-0.15, -0.1) is 0 Å². The molecule has 0 aromatic carbocycles. The van der Waals surface area contributed by atoms with Gasteiger partial charge < -0.3 is 10.3 Å². The van der Waals surface area contributed by atoms with Crippen LogP contribution in [0.3, 0.4) is 0 Å². The number of pyridine rings is 1. The molecule has 0 spiro atoms. The lowest BCUT2D eigenvalue weighted by atomic mass is 9.99. The molecule has 2 rings (SSSR count). The quantitative estimate of drug-likeness (QED) is 0.807. The predicted octanol–water partition coefficient (Wildman–Crippen LogP) is 1.95. The number of hydrogen-bond acceptors (Lipinski definition) is 2. The van der Waals surface area contributed by atoms with E-state index in [4.69, 9.17) is 0 Å². The third-order valence-electron chi connectivity index (χ3n) is 2.59. The smallest absolute Gasteiger partial charge is 0.262 e. The fraction of sp³-hybridized carbons (Fsp3) is 0.500. The van der Waals surface area contributed by atoms with Crippen LogP contribution >= 0.6 is 15.9 Å². The summed E-state index contributed by atoms with van der Waals surface area (Å²) in [4.78, 5) is 13.9. The maximum atomic E-state index is 11.1. The minimum atomic E-state index is -0.0652. The Morgan fingerprint density at radius 2 is 2.29 bits per heavy atom. The number of nitrogens with one attached hydrogen (secondary N) is 2. The maximum Gasteiger partial charge on any atom is 0.262 e. The summed E-state index contributed by atoms with van der Waals surface area (Å²) in [6, 6.07) is 2.30. The molecule has 1 atom stereocenters. The minimum Gasteiger partial charge on any atom is -0.328 e. The zero-order valence-electron chi connectivity index (χ0n) is 7.85. The lowest BCUT2D eigenvalue weighted by Gasteiger charge is -2.23. The van der Waals surface area contributed by atoms with E-state index in [9.17, 15) is 4.79 Å².